The van der Waals surface area contributed by atoms with Gasteiger partial charge in [-0.25, -0.2) is 9.38 Å². The van der Waals surface area contributed by atoms with Crippen molar-refractivity contribution in [3.05, 3.63) is 46.8 Å². The molecular formula is C20H31FIN7O. The van der Waals surface area contributed by atoms with Gasteiger partial charge in [-0.3, -0.25) is 4.90 Å². The number of aromatic nitrogens is 3. The minimum Gasteiger partial charge on any atom is -0.379 e. The van der Waals surface area contributed by atoms with Crippen LogP contribution >= 0.6 is 24.0 Å². The van der Waals surface area contributed by atoms with Crippen LogP contribution in [-0.2, 0) is 24.9 Å². The molecule has 1 aliphatic heterocycles. The first-order valence-electron chi connectivity index (χ1n) is 9.95. The van der Waals surface area contributed by atoms with Crippen LogP contribution in [0.25, 0.3) is 0 Å². The summed E-state index contributed by atoms with van der Waals surface area (Å²) in [6.45, 7) is 9.69. The SMILES string of the molecule is Cc1ccc(CN=C(NCCN2CCOCC2)NCc2nnc(C)n2C)cc1F.I. The molecule has 0 radical (unpaired) electrons. The van der Waals surface area contributed by atoms with Gasteiger partial charge in [-0.15, -0.1) is 34.2 Å². The van der Waals surface area contributed by atoms with E-state index in [0.29, 0.717) is 24.6 Å². The van der Waals surface area contributed by atoms with Gasteiger partial charge in [0.2, 0.25) is 0 Å². The lowest BCUT2D eigenvalue weighted by Crippen LogP contribution is -2.44. The summed E-state index contributed by atoms with van der Waals surface area (Å²) >= 11 is 0. The molecule has 1 aliphatic rings. The Morgan fingerprint density at radius 3 is 2.63 bits per heavy atom. The number of nitrogens with one attached hydrogen (secondary N) is 2. The summed E-state index contributed by atoms with van der Waals surface area (Å²) in [7, 11) is 1.93. The third-order valence-corrected chi connectivity index (χ3v) is 5.08. The molecule has 0 unspecified atom stereocenters. The van der Waals surface area contributed by atoms with Gasteiger partial charge in [0.15, 0.2) is 11.8 Å². The molecule has 1 aromatic carbocycles. The molecule has 8 nitrogen and oxygen atoms in total. The van der Waals surface area contributed by atoms with Crippen molar-refractivity contribution in [2.75, 3.05) is 39.4 Å². The second-order valence-corrected chi connectivity index (χ2v) is 7.21. The van der Waals surface area contributed by atoms with E-state index in [1.165, 1.54) is 6.07 Å². The van der Waals surface area contributed by atoms with Gasteiger partial charge < -0.3 is 19.9 Å². The Kier molecular flexibility index (Phi) is 9.92. The van der Waals surface area contributed by atoms with Crippen LogP contribution in [-0.4, -0.2) is 65.0 Å². The standard InChI is InChI=1S/C20H30FN7O.HI/c1-15-4-5-17(12-18(15)21)13-23-20(22-6-7-28-8-10-29-11-9-28)24-14-19-26-25-16(2)27(19)3;/h4-5,12H,6-11,13-14H2,1-3H3,(H2,22,23,24);1H. The molecule has 1 fully saturated rings. The van der Waals surface area contributed by atoms with Crippen molar-refractivity contribution < 1.29 is 9.13 Å². The largest absolute Gasteiger partial charge is 0.379 e. The zero-order valence-corrected chi connectivity index (χ0v) is 20.1. The van der Waals surface area contributed by atoms with Crippen LogP contribution in [0.3, 0.4) is 0 Å². The van der Waals surface area contributed by atoms with Crippen LogP contribution in [0.4, 0.5) is 4.39 Å². The third-order valence-electron chi connectivity index (χ3n) is 5.08. The number of aliphatic imine (C=N–C) groups is 1. The van der Waals surface area contributed by atoms with Crippen LogP contribution in [0.1, 0.15) is 22.8 Å². The zero-order chi connectivity index (χ0) is 20.6. The van der Waals surface area contributed by atoms with E-state index in [1.807, 2.05) is 24.6 Å². The molecule has 0 saturated carbocycles. The smallest absolute Gasteiger partial charge is 0.192 e. The molecule has 0 amide bonds. The van der Waals surface area contributed by atoms with Crippen molar-refractivity contribution in [3.63, 3.8) is 0 Å². The zero-order valence-electron chi connectivity index (χ0n) is 17.8. The van der Waals surface area contributed by atoms with Crippen LogP contribution in [0.15, 0.2) is 23.2 Å². The Morgan fingerprint density at radius 1 is 1.20 bits per heavy atom. The van der Waals surface area contributed by atoms with Gasteiger partial charge >= 0.3 is 0 Å². The summed E-state index contributed by atoms with van der Waals surface area (Å²) in [5, 5.41) is 14.9. The molecule has 0 bridgehead atoms. The number of benzene rings is 1. The lowest BCUT2D eigenvalue weighted by Gasteiger charge is -2.26. The van der Waals surface area contributed by atoms with Crippen LogP contribution in [0.5, 0.6) is 0 Å². The first kappa shape index (κ1) is 24.5. The second kappa shape index (κ2) is 12.2. The summed E-state index contributed by atoms with van der Waals surface area (Å²) in [5.74, 6) is 2.14. The summed E-state index contributed by atoms with van der Waals surface area (Å²) in [5.41, 5.74) is 1.47. The molecule has 0 spiro atoms. The molecule has 2 heterocycles. The van der Waals surface area contributed by atoms with Crippen molar-refractivity contribution in [3.8, 4) is 0 Å². The molecule has 1 aromatic heterocycles. The molecule has 30 heavy (non-hydrogen) atoms. The van der Waals surface area contributed by atoms with Gasteiger partial charge in [0.05, 0.1) is 26.3 Å². The van der Waals surface area contributed by atoms with Crippen LogP contribution < -0.4 is 10.6 Å². The fourth-order valence-corrected chi connectivity index (χ4v) is 3.00. The van der Waals surface area contributed by atoms with E-state index >= 15 is 0 Å². The predicted molar refractivity (Wildman–Crippen MR) is 126 cm³/mol. The Morgan fingerprint density at radius 2 is 1.97 bits per heavy atom. The Hall–Kier alpha value is -1.79. The molecule has 3 rings (SSSR count). The van der Waals surface area contributed by atoms with Crippen molar-refractivity contribution in [1.29, 1.82) is 0 Å². The molecule has 10 heteroatoms. The third kappa shape index (κ3) is 7.17. The van der Waals surface area contributed by atoms with Gasteiger partial charge in [0.1, 0.15) is 11.6 Å². The van der Waals surface area contributed by atoms with Gasteiger partial charge in [0.25, 0.3) is 0 Å². The number of aryl methyl sites for hydroxylation is 2. The average Bonchev–Trinajstić information content (AvgIpc) is 3.05. The maximum atomic E-state index is 13.8. The fourth-order valence-electron chi connectivity index (χ4n) is 3.00. The molecular weight excluding hydrogens is 500 g/mol. The molecule has 0 atom stereocenters. The van der Waals surface area contributed by atoms with Gasteiger partial charge in [0, 0.05) is 33.2 Å². The lowest BCUT2D eigenvalue weighted by molar-refractivity contribution is 0.0389. The lowest BCUT2D eigenvalue weighted by atomic mass is 10.1. The normalized spacial score (nSPS) is 15.0. The number of rotatable bonds is 7. The molecule has 2 N–H and O–H groups in total. The quantitative estimate of drug-likeness (QED) is 0.322. The number of nitrogens with zero attached hydrogens (tertiary/aromatic N) is 5. The highest BCUT2D eigenvalue weighted by molar-refractivity contribution is 14.0. The Labute approximate surface area is 194 Å². The first-order chi connectivity index (χ1) is 14.0. The number of hydrogen-bond donors (Lipinski definition) is 2. The highest BCUT2D eigenvalue weighted by Gasteiger charge is 2.11. The van der Waals surface area contributed by atoms with E-state index in [4.69, 9.17) is 4.74 Å². The number of hydrogen-bond acceptors (Lipinski definition) is 5. The van der Waals surface area contributed by atoms with Gasteiger partial charge in [-0.05, 0) is 31.0 Å². The monoisotopic (exact) mass is 531 g/mol. The van der Waals surface area contributed by atoms with E-state index in [2.05, 4.69) is 30.7 Å². The van der Waals surface area contributed by atoms with Gasteiger partial charge in [-0.2, -0.15) is 0 Å². The van der Waals surface area contributed by atoms with E-state index in [1.54, 1.807) is 13.0 Å². The summed E-state index contributed by atoms with van der Waals surface area (Å²) in [6, 6.07) is 5.22. The minimum atomic E-state index is -0.206. The minimum absolute atomic E-state index is 0. The van der Waals surface area contributed by atoms with Crippen molar-refractivity contribution in [2.45, 2.75) is 26.9 Å². The fraction of sp³-hybridized carbons (Fsp3) is 0.550. The second-order valence-electron chi connectivity index (χ2n) is 7.21. The van der Waals surface area contributed by atoms with E-state index in [-0.39, 0.29) is 29.8 Å². The molecule has 2 aromatic rings. The molecule has 166 valence electrons. The number of morpholine rings is 1. The molecule has 1 saturated heterocycles. The summed E-state index contributed by atoms with van der Waals surface area (Å²) in [6.07, 6.45) is 0. The summed E-state index contributed by atoms with van der Waals surface area (Å²) < 4.78 is 21.1. The highest BCUT2D eigenvalue weighted by atomic mass is 127. The Balaban J connectivity index is 0.00000320. The highest BCUT2D eigenvalue weighted by Crippen LogP contribution is 2.10. The van der Waals surface area contributed by atoms with Crippen molar-refractivity contribution in [2.24, 2.45) is 12.0 Å². The molecule has 0 aliphatic carbocycles. The summed E-state index contributed by atoms with van der Waals surface area (Å²) in [4.78, 5) is 6.98. The van der Waals surface area contributed by atoms with Gasteiger partial charge in [-0.1, -0.05) is 12.1 Å². The van der Waals surface area contributed by atoms with E-state index in [9.17, 15) is 4.39 Å². The van der Waals surface area contributed by atoms with Crippen molar-refractivity contribution in [1.82, 2.24) is 30.3 Å². The number of guanidine groups is 1. The van der Waals surface area contributed by atoms with Crippen LogP contribution in [0, 0.1) is 19.7 Å². The van der Waals surface area contributed by atoms with E-state index in [0.717, 1.165) is 56.6 Å². The van der Waals surface area contributed by atoms with Crippen LogP contribution in [0.2, 0.25) is 0 Å². The first-order valence-corrected chi connectivity index (χ1v) is 9.95. The Bertz CT molecular complexity index is 837. The predicted octanol–water partition coefficient (Wildman–Crippen LogP) is 1.76. The topological polar surface area (TPSA) is 79.6 Å². The number of ether oxygens (including phenoxy) is 1. The average molecular weight is 531 g/mol. The maximum absolute atomic E-state index is 13.8. The van der Waals surface area contributed by atoms with Crippen molar-refractivity contribution >= 4 is 29.9 Å². The van der Waals surface area contributed by atoms with E-state index < -0.39 is 0 Å². The number of halogens is 2. The maximum Gasteiger partial charge on any atom is 0.192 e.